The van der Waals surface area contributed by atoms with E-state index in [0.29, 0.717) is 42.2 Å². The Morgan fingerprint density at radius 2 is 1.61 bits per heavy atom. The van der Waals surface area contributed by atoms with E-state index < -0.39 is 5.97 Å². The molecule has 0 saturated carbocycles. The Bertz CT molecular complexity index is 834. The first kappa shape index (κ1) is 21.1. The van der Waals surface area contributed by atoms with Crippen LogP contribution in [0.4, 0.5) is 0 Å². The summed E-state index contributed by atoms with van der Waals surface area (Å²) in [6.07, 6.45) is 1.14. The minimum absolute atomic E-state index is 0.139. The topological polar surface area (TPSA) is 94.1 Å². The molecule has 2 aromatic rings. The number of carboxylic acids is 1. The Kier molecular flexibility index (Phi) is 7.68. The third-order valence-electron chi connectivity index (χ3n) is 4.37. The number of carbonyl (C=O) groups excluding carboxylic acids is 1. The van der Waals surface area contributed by atoms with Gasteiger partial charge in [-0.1, -0.05) is 24.3 Å². The van der Waals surface area contributed by atoms with Gasteiger partial charge in [0.1, 0.15) is 0 Å². The van der Waals surface area contributed by atoms with Gasteiger partial charge in [-0.15, -0.1) is 0 Å². The average Bonchev–Trinajstić information content (AvgIpc) is 2.71. The lowest BCUT2D eigenvalue weighted by molar-refractivity contribution is -0.121. The van der Waals surface area contributed by atoms with Crippen LogP contribution in [0.15, 0.2) is 36.4 Å². The molecule has 0 aliphatic rings. The Hall–Kier alpha value is -3.22. The number of methoxy groups -OCH3 is 3. The first-order valence-corrected chi connectivity index (χ1v) is 8.87. The molecule has 0 unspecified atom stereocenters. The highest BCUT2D eigenvalue weighted by atomic mass is 16.5. The van der Waals surface area contributed by atoms with Crippen LogP contribution in [0.1, 0.15) is 27.9 Å². The van der Waals surface area contributed by atoms with E-state index in [0.717, 1.165) is 5.56 Å². The molecule has 0 atom stereocenters. The molecule has 1 amide bonds. The highest BCUT2D eigenvalue weighted by Gasteiger charge is 2.16. The lowest BCUT2D eigenvalue weighted by Crippen LogP contribution is -2.26. The van der Waals surface area contributed by atoms with Gasteiger partial charge in [0, 0.05) is 18.5 Å². The van der Waals surface area contributed by atoms with Gasteiger partial charge in [-0.2, -0.15) is 0 Å². The molecule has 150 valence electrons. The number of hydrogen-bond donors (Lipinski definition) is 2. The molecule has 0 fully saturated rings. The van der Waals surface area contributed by atoms with E-state index in [9.17, 15) is 14.7 Å². The highest BCUT2D eigenvalue weighted by Crippen LogP contribution is 2.39. The van der Waals surface area contributed by atoms with Crippen LogP contribution in [0.2, 0.25) is 0 Å². The Labute approximate surface area is 164 Å². The van der Waals surface area contributed by atoms with Gasteiger partial charge in [0.2, 0.25) is 11.7 Å². The molecule has 0 heterocycles. The lowest BCUT2D eigenvalue weighted by atomic mass is 10.0. The summed E-state index contributed by atoms with van der Waals surface area (Å²) >= 11 is 0. The van der Waals surface area contributed by atoms with Crippen LogP contribution in [0.25, 0.3) is 0 Å². The van der Waals surface area contributed by atoms with E-state index in [1.807, 2.05) is 6.07 Å². The van der Waals surface area contributed by atoms with E-state index >= 15 is 0 Å². The van der Waals surface area contributed by atoms with Crippen molar-refractivity contribution in [3.8, 4) is 17.2 Å². The van der Waals surface area contributed by atoms with Gasteiger partial charge >= 0.3 is 5.97 Å². The second-order valence-electron chi connectivity index (χ2n) is 6.06. The van der Waals surface area contributed by atoms with Gasteiger partial charge in [-0.3, -0.25) is 4.79 Å². The molecule has 7 heteroatoms. The van der Waals surface area contributed by atoms with E-state index in [4.69, 9.17) is 14.2 Å². The van der Waals surface area contributed by atoms with Crippen LogP contribution in [0.5, 0.6) is 17.2 Å². The smallest absolute Gasteiger partial charge is 0.335 e. The van der Waals surface area contributed by atoms with Crippen molar-refractivity contribution in [2.24, 2.45) is 0 Å². The molecule has 0 aliphatic heterocycles. The second kappa shape index (κ2) is 10.2. The van der Waals surface area contributed by atoms with Crippen molar-refractivity contribution in [2.45, 2.75) is 19.3 Å². The molecule has 7 nitrogen and oxygen atoms in total. The minimum Gasteiger partial charge on any atom is -0.493 e. The van der Waals surface area contributed by atoms with Gasteiger partial charge in [-0.05, 0) is 30.5 Å². The number of carboxylic acid groups (broad SMARTS) is 1. The predicted octanol–water partition coefficient (Wildman–Crippen LogP) is 2.70. The van der Waals surface area contributed by atoms with Gasteiger partial charge in [0.15, 0.2) is 11.5 Å². The molecular weight excluding hydrogens is 362 g/mol. The van der Waals surface area contributed by atoms with E-state index in [-0.39, 0.29) is 17.9 Å². The average molecular weight is 387 g/mol. The third-order valence-corrected chi connectivity index (χ3v) is 4.37. The van der Waals surface area contributed by atoms with Crippen molar-refractivity contribution in [2.75, 3.05) is 27.9 Å². The maximum absolute atomic E-state index is 12.1. The minimum atomic E-state index is -0.989. The standard InChI is InChI=1S/C21H25NO6/c1-26-17-10-8-15(19(27-2)20(17)28-3)12-13-22-18(23)11-9-14-6-4-5-7-16(14)21(24)25/h4-8,10H,9,11-13H2,1-3H3,(H,22,23)(H,24,25). The fourth-order valence-corrected chi connectivity index (χ4v) is 2.98. The Morgan fingerprint density at radius 1 is 0.893 bits per heavy atom. The van der Waals surface area contributed by atoms with Crippen LogP contribution in [-0.4, -0.2) is 44.9 Å². The Balaban J connectivity index is 1.92. The molecule has 0 aromatic heterocycles. The molecular formula is C21H25NO6. The largest absolute Gasteiger partial charge is 0.493 e. The van der Waals surface area contributed by atoms with E-state index in [2.05, 4.69) is 5.32 Å². The maximum atomic E-state index is 12.1. The maximum Gasteiger partial charge on any atom is 0.335 e. The molecule has 0 saturated heterocycles. The van der Waals surface area contributed by atoms with Crippen molar-refractivity contribution >= 4 is 11.9 Å². The SMILES string of the molecule is COc1ccc(CCNC(=O)CCc2ccccc2C(=O)O)c(OC)c1OC. The van der Waals surface area contributed by atoms with Gasteiger partial charge < -0.3 is 24.6 Å². The number of carbonyl (C=O) groups is 2. The van der Waals surface area contributed by atoms with E-state index in [1.54, 1.807) is 51.7 Å². The van der Waals surface area contributed by atoms with Crippen LogP contribution < -0.4 is 19.5 Å². The van der Waals surface area contributed by atoms with Crippen molar-refractivity contribution in [3.05, 3.63) is 53.1 Å². The number of aryl methyl sites for hydroxylation is 1. The van der Waals surface area contributed by atoms with Crippen LogP contribution in [0, 0.1) is 0 Å². The summed E-state index contributed by atoms with van der Waals surface area (Å²) in [5.41, 5.74) is 1.76. The van der Waals surface area contributed by atoms with Crippen molar-refractivity contribution in [1.82, 2.24) is 5.32 Å². The molecule has 0 radical (unpaired) electrons. The zero-order valence-corrected chi connectivity index (χ0v) is 16.3. The first-order chi connectivity index (χ1) is 13.5. The number of aromatic carboxylic acids is 1. The summed E-state index contributed by atoms with van der Waals surface area (Å²) in [6.45, 7) is 0.422. The number of benzene rings is 2. The highest BCUT2D eigenvalue weighted by molar-refractivity contribution is 5.89. The molecule has 0 spiro atoms. The van der Waals surface area contributed by atoms with Crippen LogP contribution >= 0.6 is 0 Å². The normalized spacial score (nSPS) is 10.2. The van der Waals surface area contributed by atoms with Crippen molar-refractivity contribution in [3.63, 3.8) is 0 Å². The Morgan fingerprint density at radius 3 is 2.25 bits per heavy atom. The van der Waals surface area contributed by atoms with Crippen molar-refractivity contribution < 1.29 is 28.9 Å². The summed E-state index contributed by atoms with van der Waals surface area (Å²) in [7, 11) is 4.65. The zero-order chi connectivity index (χ0) is 20.5. The predicted molar refractivity (Wildman–Crippen MR) is 105 cm³/mol. The number of hydrogen-bond acceptors (Lipinski definition) is 5. The van der Waals surface area contributed by atoms with Gasteiger partial charge in [-0.25, -0.2) is 4.79 Å². The molecule has 0 bridgehead atoms. The molecule has 2 N–H and O–H groups in total. The summed E-state index contributed by atoms with van der Waals surface area (Å²) in [5.74, 6) is 0.533. The summed E-state index contributed by atoms with van der Waals surface area (Å²) in [6, 6.07) is 10.4. The quantitative estimate of drug-likeness (QED) is 0.651. The fourth-order valence-electron chi connectivity index (χ4n) is 2.98. The van der Waals surface area contributed by atoms with Crippen LogP contribution in [-0.2, 0) is 17.6 Å². The van der Waals surface area contributed by atoms with Crippen molar-refractivity contribution in [1.29, 1.82) is 0 Å². The summed E-state index contributed by atoms with van der Waals surface area (Å²) < 4.78 is 16.1. The number of amides is 1. The van der Waals surface area contributed by atoms with Crippen LogP contribution in [0.3, 0.4) is 0 Å². The summed E-state index contributed by atoms with van der Waals surface area (Å²) in [5, 5.41) is 12.0. The van der Waals surface area contributed by atoms with E-state index in [1.165, 1.54) is 0 Å². The molecule has 2 aromatic carbocycles. The first-order valence-electron chi connectivity index (χ1n) is 8.87. The number of rotatable bonds is 10. The molecule has 0 aliphatic carbocycles. The number of ether oxygens (including phenoxy) is 3. The zero-order valence-electron chi connectivity index (χ0n) is 16.3. The monoisotopic (exact) mass is 387 g/mol. The number of nitrogens with one attached hydrogen (secondary N) is 1. The van der Waals surface area contributed by atoms with Gasteiger partial charge in [0.05, 0.1) is 26.9 Å². The second-order valence-corrected chi connectivity index (χ2v) is 6.06. The molecule has 2 rings (SSSR count). The third kappa shape index (κ3) is 5.16. The lowest BCUT2D eigenvalue weighted by Gasteiger charge is -2.16. The molecule has 28 heavy (non-hydrogen) atoms. The van der Waals surface area contributed by atoms with Gasteiger partial charge in [0.25, 0.3) is 0 Å². The summed E-state index contributed by atoms with van der Waals surface area (Å²) in [4.78, 5) is 23.4. The fraction of sp³-hybridized carbons (Fsp3) is 0.333.